The molecule has 0 radical (unpaired) electrons. The van der Waals surface area contributed by atoms with E-state index >= 15 is 0 Å². The van der Waals surface area contributed by atoms with Crippen LogP contribution < -0.4 is 10.6 Å². The Morgan fingerprint density at radius 2 is 2.24 bits per heavy atom. The number of carbonyl (C=O) groups excluding carboxylic acids is 1. The van der Waals surface area contributed by atoms with E-state index in [0.29, 0.717) is 17.9 Å². The number of carbonyl (C=O) groups is 1. The second-order valence-corrected chi connectivity index (χ2v) is 5.08. The molecule has 1 aliphatic rings. The maximum Gasteiger partial charge on any atom is 0.414 e. The molecule has 5 nitrogen and oxygen atoms in total. The van der Waals surface area contributed by atoms with E-state index in [4.69, 9.17) is 10.5 Å². The van der Waals surface area contributed by atoms with Gasteiger partial charge in [0.25, 0.3) is 0 Å². The van der Waals surface area contributed by atoms with Gasteiger partial charge in [-0.1, -0.05) is 0 Å². The Kier molecular flexibility index (Phi) is 2.69. The van der Waals surface area contributed by atoms with Crippen LogP contribution >= 0.6 is 0 Å². The van der Waals surface area contributed by atoms with Gasteiger partial charge < -0.3 is 10.5 Å². The molecule has 0 bridgehead atoms. The lowest BCUT2D eigenvalue weighted by Gasteiger charge is -2.25. The van der Waals surface area contributed by atoms with E-state index in [2.05, 4.69) is 4.98 Å². The smallest absolute Gasteiger partial charge is 0.414 e. The second kappa shape index (κ2) is 3.91. The van der Waals surface area contributed by atoms with Crippen molar-refractivity contribution in [3.05, 3.63) is 18.0 Å². The highest BCUT2D eigenvalue weighted by Gasteiger charge is 2.31. The van der Waals surface area contributed by atoms with Crippen LogP contribution in [0.4, 0.5) is 16.2 Å². The molecule has 2 heterocycles. The Labute approximate surface area is 101 Å². The molecule has 0 spiro atoms. The molecule has 0 fully saturated rings. The van der Waals surface area contributed by atoms with E-state index in [1.54, 1.807) is 17.2 Å². The summed E-state index contributed by atoms with van der Waals surface area (Å²) in [6, 6.07) is 1.70. The summed E-state index contributed by atoms with van der Waals surface area (Å²) in [6.07, 6.45) is 2.02. The molecule has 1 amide bonds. The largest absolute Gasteiger partial charge is 0.443 e. The Morgan fingerprint density at radius 3 is 2.88 bits per heavy atom. The SMILES string of the molecule is CC(C)(C)OC(=O)N1CCc2nccc(N)c21. The number of anilines is 2. The van der Waals surface area contributed by atoms with Gasteiger partial charge in [-0.25, -0.2) is 4.79 Å². The lowest BCUT2D eigenvalue weighted by Crippen LogP contribution is -2.36. The number of nitrogens with zero attached hydrogens (tertiary/aromatic N) is 2. The lowest BCUT2D eigenvalue weighted by molar-refractivity contribution is 0.0584. The van der Waals surface area contributed by atoms with Gasteiger partial charge in [0.1, 0.15) is 5.60 Å². The molecule has 0 aliphatic carbocycles. The molecule has 2 rings (SSSR count). The van der Waals surface area contributed by atoms with Crippen LogP contribution in [0.25, 0.3) is 0 Å². The minimum Gasteiger partial charge on any atom is -0.443 e. The van der Waals surface area contributed by atoms with Crippen LogP contribution in [0.2, 0.25) is 0 Å². The summed E-state index contributed by atoms with van der Waals surface area (Å²) in [7, 11) is 0. The molecule has 92 valence electrons. The number of hydrogen-bond donors (Lipinski definition) is 1. The summed E-state index contributed by atoms with van der Waals surface area (Å²) in [5, 5.41) is 0. The summed E-state index contributed by atoms with van der Waals surface area (Å²) >= 11 is 0. The van der Waals surface area contributed by atoms with Crippen molar-refractivity contribution < 1.29 is 9.53 Å². The third-order valence-corrected chi connectivity index (χ3v) is 2.49. The predicted molar refractivity (Wildman–Crippen MR) is 65.9 cm³/mol. The molecule has 1 aliphatic heterocycles. The summed E-state index contributed by atoms with van der Waals surface area (Å²) in [5.74, 6) is 0. The van der Waals surface area contributed by atoms with E-state index in [9.17, 15) is 4.79 Å². The van der Waals surface area contributed by atoms with Crippen molar-refractivity contribution in [2.75, 3.05) is 17.2 Å². The molecule has 0 saturated carbocycles. The zero-order chi connectivity index (χ0) is 12.6. The summed E-state index contributed by atoms with van der Waals surface area (Å²) in [6.45, 7) is 6.10. The van der Waals surface area contributed by atoms with Gasteiger partial charge in [-0.3, -0.25) is 9.88 Å². The van der Waals surface area contributed by atoms with Crippen LogP contribution in [0.15, 0.2) is 12.3 Å². The fourth-order valence-electron chi connectivity index (χ4n) is 1.84. The molecule has 2 N–H and O–H groups in total. The first-order chi connectivity index (χ1) is 7.88. The summed E-state index contributed by atoms with van der Waals surface area (Å²) < 4.78 is 5.34. The first kappa shape index (κ1) is 11.7. The van der Waals surface area contributed by atoms with Gasteiger partial charge in [0, 0.05) is 19.2 Å². The van der Waals surface area contributed by atoms with E-state index in [0.717, 1.165) is 12.1 Å². The molecule has 0 saturated heterocycles. The molecule has 1 aromatic rings. The van der Waals surface area contributed by atoms with Crippen LogP contribution in [-0.4, -0.2) is 23.2 Å². The predicted octanol–water partition coefficient (Wildman–Crippen LogP) is 1.96. The van der Waals surface area contributed by atoms with E-state index in [1.165, 1.54) is 0 Å². The van der Waals surface area contributed by atoms with E-state index < -0.39 is 5.60 Å². The van der Waals surface area contributed by atoms with Crippen LogP contribution in [0, 0.1) is 0 Å². The number of amides is 1. The standard InChI is InChI=1S/C12H17N3O2/c1-12(2,3)17-11(16)15-7-5-9-10(15)8(13)4-6-14-9/h4,6H,5,7H2,1-3H3,(H2,13,14). The Bertz CT molecular complexity index is 452. The number of hydrogen-bond acceptors (Lipinski definition) is 4. The Morgan fingerprint density at radius 1 is 1.53 bits per heavy atom. The van der Waals surface area contributed by atoms with Crippen LogP contribution in [0.5, 0.6) is 0 Å². The van der Waals surface area contributed by atoms with Crippen molar-refractivity contribution in [2.45, 2.75) is 32.8 Å². The van der Waals surface area contributed by atoms with Crippen LogP contribution in [0.1, 0.15) is 26.5 Å². The van der Waals surface area contributed by atoms with Gasteiger partial charge >= 0.3 is 6.09 Å². The number of fused-ring (bicyclic) bond motifs is 1. The van der Waals surface area contributed by atoms with Gasteiger partial charge in [-0.05, 0) is 26.8 Å². The molecule has 0 atom stereocenters. The molecular formula is C12H17N3O2. The molecular weight excluding hydrogens is 218 g/mol. The van der Waals surface area contributed by atoms with Gasteiger partial charge in [0.2, 0.25) is 0 Å². The van der Waals surface area contributed by atoms with Gasteiger partial charge in [-0.2, -0.15) is 0 Å². The van der Waals surface area contributed by atoms with E-state index in [1.807, 2.05) is 20.8 Å². The number of nitrogens with two attached hydrogens (primary N) is 1. The van der Waals surface area contributed by atoms with Gasteiger partial charge in [0.05, 0.1) is 17.1 Å². The van der Waals surface area contributed by atoms with Crippen molar-refractivity contribution in [3.8, 4) is 0 Å². The number of nitrogen functional groups attached to an aromatic ring is 1. The average Bonchev–Trinajstić information content (AvgIpc) is 2.60. The average molecular weight is 235 g/mol. The minimum atomic E-state index is -0.503. The Hall–Kier alpha value is -1.78. The first-order valence-corrected chi connectivity index (χ1v) is 5.62. The van der Waals surface area contributed by atoms with Crippen molar-refractivity contribution in [1.82, 2.24) is 4.98 Å². The van der Waals surface area contributed by atoms with Crippen molar-refractivity contribution in [1.29, 1.82) is 0 Å². The summed E-state index contributed by atoms with van der Waals surface area (Å²) in [4.78, 5) is 17.8. The number of pyridine rings is 1. The third-order valence-electron chi connectivity index (χ3n) is 2.49. The fourth-order valence-corrected chi connectivity index (χ4v) is 1.84. The normalized spacial score (nSPS) is 14.6. The zero-order valence-electron chi connectivity index (χ0n) is 10.4. The van der Waals surface area contributed by atoms with Gasteiger partial charge in [0.15, 0.2) is 0 Å². The lowest BCUT2D eigenvalue weighted by atomic mass is 10.2. The Balaban J connectivity index is 2.25. The minimum absolute atomic E-state index is 0.365. The van der Waals surface area contributed by atoms with Crippen molar-refractivity contribution in [2.24, 2.45) is 0 Å². The first-order valence-electron chi connectivity index (χ1n) is 5.62. The highest BCUT2D eigenvalue weighted by molar-refractivity contribution is 5.94. The number of aromatic nitrogens is 1. The fraction of sp³-hybridized carbons (Fsp3) is 0.500. The van der Waals surface area contributed by atoms with Crippen molar-refractivity contribution in [3.63, 3.8) is 0 Å². The van der Waals surface area contributed by atoms with Crippen LogP contribution in [0.3, 0.4) is 0 Å². The number of ether oxygens (including phenoxy) is 1. The molecule has 1 aromatic heterocycles. The summed E-state index contributed by atoms with van der Waals surface area (Å²) in [5.41, 5.74) is 7.49. The zero-order valence-corrected chi connectivity index (χ0v) is 10.4. The maximum absolute atomic E-state index is 12.0. The quantitative estimate of drug-likeness (QED) is 0.746. The topological polar surface area (TPSA) is 68.5 Å². The number of rotatable bonds is 0. The highest BCUT2D eigenvalue weighted by Crippen LogP contribution is 2.32. The third kappa shape index (κ3) is 2.33. The van der Waals surface area contributed by atoms with Crippen molar-refractivity contribution >= 4 is 17.5 Å². The second-order valence-electron chi connectivity index (χ2n) is 5.08. The molecule has 0 aromatic carbocycles. The molecule has 17 heavy (non-hydrogen) atoms. The van der Waals surface area contributed by atoms with E-state index in [-0.39, 0.29) is 6.09 Å². The molecule has 5 heteroatoms. The maximum atomic E-state index is 12.0. The van der Waals surface area contributed by atoms with Crippen LogP contribution in [-0.2, 0) is 11.2 Å². The molecule has 0 unspecified atom stereocenters. The van der Waals surface area contributed by atoms with Gasteiger partial charge in [-0.15, -0.1) is 0 Å². The highest BCUT2D eigenvalue weighted by atomic mass is 16.6. The monoisotopic (exact) mass is 235 g/mol.